The van der Waals surface area contributed by atoms with Crippen LogP contribution in [-0.2, 0) is 4.79 Å². The van der Waals surface area contributed by atoms with Crippen molar-refractivity contribution in [1.82, 2.24) is 0 Å². The van der Waals surface area contributed by atoms with Crippen molar-refractivity contribution in [2.75, 3.05) is 0 Å². The van der Waals surface area contributed by atoms with E-state index in [0.717, 1.165) is 0 Å². The van der Waals surface area contributed by atoms with Crippen molar-refractivity contribution in [2.24, 2.45) is 5.92 Å². The number of hydrogen-bond acceptors (Lipinski definition) is 5. The number of carbonyl (C=O) groups excluding carboxylic acids is 2. The maximum atomic E-state index is 11.5. The number of nitrogens with zero attached hydrogens (tertiary/aromatic N) is 1. The molecule has 1 rings (SSSR count). The molecule has 0 bridgehead atoms. The molecule has 0 amide bonds. The number of Topliss-reactive ketones (excluding diaryl/α,β-unsaturated/α-hetero) is 2. The first-order chi connectivity index (χ1) is 8.83. The third-order valence-corrected chi connectivity index (χ3v) is 2.57. The first-order valence-electron chi connectivity index (χ1n) is 6.11. The van der Waals surface area contributed by atoms with E-state index < -0.39 is 10.8 Å². The molecule has 1 aromatic rings. The van der Waals surface area contributed by atoms with E-state index in [0.29, 0.717) is 12.8 Å². The van der Waals surface area contributed by atoms with E-state index >= 15 is 0 Å². The molecular formula is C13H19NO5. The van der Waals surface area contributed by atoms with Crippen molar-refractivity contribution in [3.63, 3.8) is 0 Å². The van der Waals surface area contributed by atoms with Crippen molar-refractivity contribution in [1.29, 1.82) is 0 Å². The van der Waals surface area contributed by atoms with Crippen LogP contribution in [0, 0.1) is 16.0 Å². The molecule has 0 radical (unpaired) electrons. The lowest BCUT2D eigenvalue weighted by Gasteiger charge is -2.02. The highest BCUT2D eigenvalue weighted by molar-refractivity contribution is 5.95. The molecule has 0 aromatic carbocycles. The molecule has 0 spiro atoms. The fraction of sp³-hybridized carbons (Fsp3) is 0.538. The van der Waals surface area contributed by atoms with Gasteiger partial charge in [-0.2, -0.15) is 0 Å². The molecule has 0 aliphatic heterocycles. The second kappa shape index (κ2) is 8.18. The lowest BCUT2D eigenvalue weighted by Crippen LogP contribution is -2.08. The minimum atomic E-state index is -0.659. The van der Waals surface area contributed by atoms with E-state index in [4.69, 9.17) is 4.42 Å². The largest absolute Gasteiger partial charge is 0.433 e. The van der Waals surface area contributed by atoms with Crippen molar-refractivity contribution in [3.8, 4) is 0 Å². The summed E-state index contributed by atoms with van der Waals surface area (Å²) >= 11 is 0. The first kappa shape index (κ1) is 17.0. The van der Waals surface area contributed by atoms with Gasteiger partial charge in [0.05, 0.1) is 6.07 Å². The van der Waals surface area contributed by atoms with Crippen LogP contribution in [0.2, 0.25) is 0 Å². The summed E-state index contributed by atoms with van der Waals surface area (Å²) in [4.78, 5) is 30.9. The molecule has 106 valence electrons. The van der Waals surface area contributed by atoms with Gasteiger partial charge in [-0.1, -0.05) is 20.8 Å². The van der Waals surface area contributed by atoms with E-state index in [2.05, 4.69) is 0 Å². The molecule has 0 N–H and O–H groups in total. The smallest absolute Gasteiger partial charge is 0.397 e. The zero-order chi connectivity index (χ0) is 15.0. The summed E-state index contributed by atoms with van der Waals surface area (Å²) in [5, 5.41) is 10.3. The van der Waals surface area contributed by atoms with Crippen LogP contribution in [0.15, 0.2) is 16.5 Å². The van der Waals surface area contributed by atoms with Gasteiger partial charge in [-0.15, -0.1) is 0 Å². The van der Waals surface area contributed by atoms with Gasteiger partial charge in [0.2, 0.25) is 5.78 Å². The van der Waals surface area contributed by atoms with Crippen LogP contribution in [0.5, 0.6) is 0 Å². The zero-order valence-electron chi connectivity index (χ0n) is 11.6. The highest BCUT2D eigenvalue weighted by atomic mass is 16.6. The minimum absolute atomic E-state index is 0.0612. The van der Waals surface area contributed by atoms with Crippen molar-refractivity contribution in [3.05, 3.63) is 28.0 Å². The van der Waals surface area contributed by atoms with Crippen LogP contribution in [-0.4, -0.2) is 16.5 Å². The fourth-order valence-electron chi connectivity index (χ4n) is 0.986. The summed E-state index contributed by atoms with van der Waals surface area (Å²) in [5.74, 6) is -0.436. The molecule has 1 heterocycles. The molecule has 0 fully saturated rings. The van der Waals surface area contributed by atoms with Gasteiger partial charge in [0.1, 0.15) is 10.7 Å². The van der Waals surface area contributed by atoms with Crippen LogP contribution in [0.3, 0.4) is 0 Å². The van der Waals surface area contributed by atoms with Gasteiger partial charge in [0.25, 0.3) is 0 Å². The molecule has 0 aliphatic rings. The summed E-state index contributed by atoms with van der Waals surface area (Å²) in [6.07, 6.45) is 1.35. The third kappa shape index (κ3) is 5.94. The fourth-order valence-corrected chi connectivity index (χ4v) is 0.986. The number of ketones is 2. The molecule has 6 heteroatoms. The quantitative estimate of drug-likeness (QED) is 0.464. The number of rotatable bonds is 5. The Morgan fingerprint density at radius 1 is 1.37 bits per heavy atom. The highest BCUT2D eigenvalue weighted by Gasteiger charge is 2.20. The maximum absolute atomic E-state index is 11.5. The molecule has 1 aromatic heterocycles. The van der Waals surface area contributed by atoms with E-state index in [1.807, 2.05) is 13.8 Å². The standard InChI is InChI=1S/C9H11NO4.C4H8O/c1-3-6(2)9(11)7-4-5-8(14-7)10(12)13;1-3-4(2)5/h4-6H,3H2,1-2H3;3H2,1-2H3/t6-;/m1./s1. The Kier molecular flexibility index (Phi) is 7.33. The molecule has 0 saturated heterocycles. The van der Waals surface area contributed by atoms with E-state index in [1.54, 1.807) is 13.8 Å². The summed E-state index contributed by atoms with van der Waals surface area (Å²) in [5.41, 5.74) is 0. The van der Waals surface area contributed by atoms with Gasteiger partial charge in [-0.3, -0.25) is 14.9 Å². The second-order valence-corrected chi connectivity index (χ2v) is 4.12. The Morgan fingerprint density at radius 3 is 2.21 bits per heavy atom. The normalized spacial score (nSPS) is 11.2. The number of carbonyl (C=O) groups is 2. The minimum Gasteiger partial charge on any atom is -0.397 e. The van der Waals surface area contributed by atoms with Gasteiger partial charge in [-0.05, 0) is 19.4 Å². The SMILES string of the molecule is CCC(C)=O.CC[C@@H](C)C(=O)c1ccc([N+](=O)[O-])o1. The van der Waals surface area contributed by atoms with Crippen LogP contribution in [0.25, 0.3) is 0 Å². The van der Waals surface area contributed by atoms with Gasteiger partial charge < -0.3 is 9.21 Å². The monoisotopic (exact) mass is 269 g/mol. The molecule has 19 heavy (non-hydrogen) atoms. The van der Waals surface area contributed by atoms with Crippen molar-refractivity contribution in [2.45, 2.75) is 40.5 Å². The van der Waals surface area contributed by atoms with Crippen LogP contribution < -0.4 is 0 Å². The highest BCUT2D eigenvalue weighted by Crippen LogP contribution is 2.19. The molecule has 0 aliphatic carbocycles. The van der Waals surface area contributed by atoms with Crippen molar-refractivity contribution >= 4 is 17.5 Å². The summed E-state index contributed by atoms with van der Waals surface area (Å²) in [6, 6.07) is 2.53. The van der Waals surface area contributed by atoms with Crippen LogP contribution >= 0.6 is 0 Å². The average Bonchev–Trinajstić information content (AvgIpc) is 2.87. The van der Waals surface area contributed by atoms with Gasteiger partial charge in [0, 0.05) is 12.3 Å². The lowest BCUT2D eigenvalue weighted by molar-refractivity contribution is -0.402. The van der Waals surface area contributed by atoms with Gasteiger partial charge in [-0.25, -0.2) is 0 Å². The molecule has 0 saturated carbocycles. The number of furan rings is 1. The third-order valence-electron chi connectivity index (χ3n) is 2.57. The lowest BCUT2D eigenvalue weighted by atomic mass is 10.0. The second-order valence-electron chi connectivity index (χ2n) is 4.12. The number of hydrogen-bond donors (Lipinski definition) is 0. The van der Waals surface area contributed by atoms with Crippen molar-refractivity contribution < 1.29 is 18.9 Å². The summed E-state index contributed by atoms with van der Waals surface area (Å²) < 4.78 is 4.78. The average molecular weight is 269 g/mol. The first-order valence-corrected chi connectivity index (χ1v) is 6.11. The molecular weight excluding hydrogens is 250 g/mol. The van der Waals surface area contributed by atoms with Crippen LogP contribution in [0.1, 0.15) is 51.1 Å². The van der Waals surface area contributed by atoms with Gasteiger partial charge >= 0.3 is 5.88 Å². The molecule has 6 nitrogen and oxygen atoms in total. The predicted octanol–water partition coefficient (Wildman–Crippen LogP) is 3.40. The zero-order valence-corrected chi connectivity index (χ0v) is 11.6. The Balaban J connectivity index is 0.000000555. The van der Waals surface area contributed by atoms with E-state index in [9.17, 15) is 19.7 Å². The van der Waals surface area contributed by atoms with Gasteiger partial charge in [0.15, 0.2) is 5.76 Å². The molecule has 0 unspecified atom stereocenters. The summed E-state index contributed by atoms with van der Waals surface area (Å²) in [7, 11) is 0. The topological polar surface area (TPSA) is 90.4 Å². The summed E-state index contributed by atoms with van der Waals surface area (Å²) in [6.45, 7) is 7.07. The Hall–Kier alpha value is -1.98. The Labute approximate surface area is 111 Å². The maximum Gasteiger partial charge on any atom is 0.433 e. The molecule has 1 atom stereocenters. The Morgan fingerprint density at radius 2 is 1.89 bits per heavy atom. The Bertz CT molecular complexity index is 450. The van der Waals surface area contributed by atoms with E-state index in [1.165, 1.54) is 12.1 Å². The van der Waals surface area contributed by atoms with E-state index in [-0.39, 0.29) is 23.2 Å². The van der Waals surface area contributed by atoms with Crippen LogP contribution in [0.4, 0.5) is 5.88 Å². The number of nitro groups is 1. The predicted molar refractivity (Wildman–Crippen MR) is 70.1 cm³/mol.